The van der Waals surface area contributed by atoms with E-state index in [1.54, 1.807) is 36.4 Å². The number of para-hydroxylation sites is 1. The minimum Gasteiger partial charge on any atom is -0.323 e. The zero-order chi connectivity index (χ0) is 15.5. The number of rotatable bonds is 5. The fraction of sp³-hybridized carbons (Fsp3) is 0.143. The number of sulfonamides is 1. The number of halogens is 1. The third kappa shape index (κ3) is 3.36. The monoisotopic (exact) mass is 325 g/mol. The van der Waals surface area contributed by atoms with E-state index in [4.69, 9.17) is 17.4 Å². The van der Waals surface area contributed by atoms with Gasteiger partial charge in [-0.15, -0.1) is 0 Å². The maximum absolute atomic E-state index is 12.6. The molecule has 0 aliphatic carbocycles. The molecule has 3 N–H and O–H groups in total. The maximum Gasteiger partial charge on any atom is 0.245 e. The molecule has 0 spiro atoms. The van der Waals surface area contributed by atoms with Crippen molar-refractivity contribution in [3.8, 4) is 0 Å². The Morgan fingerprint density at radius 3 is 2.43 bits per heavy atom. The standard InChI is InChI=1S/C14H16ClN3O2S/c1-18(10-11-6-2-3-7-12(11)15)21(19,20)14-9-5-4-8-13(14)17-16/h2-9,17H,10,16H2,1H3. The number of benzene rings is 2. The van der Waals surface area contributed by atoms with Crippen LogP contribution in [0.1, 0.15) is 5.56 Å². The zero-order valence-electron chi connectivity index (χ0n) is 11.5. The van der Waals surface area contributed by atoms with Gasteiger partial charge in [-0.2, -0.15) is 4.31 Å². The molecule has 0 saturated carbocycles. The molecule has 0 fully saturated rings. The number of nitrogens with zero attached hydrogens (tertiary/aromatic N) is 1. The van der Waals surface area contributed by atoms with Gasteiger partial charge in [-0.3, -0.25) is 5.84 Å². The molecule has 2 rings (SSSR count). The maximum atomic E-state index is 12.6. The summed E-state index contributed by atoms with van der Waals surface area (Å²) in [6.45, 7) is 0.181. The number of anilines is 1. The van der Waals surface area contributed by atoms with E-state index in [0.717, 1.165) is 5.56 Å². The van der Waals surface area contributed by atoms with Crippen molar-refractivity contribution < 1.29 is 8.42 Å². The molecule has 0 aliphatic heterocycles. The summed E-state index contributed by atoms with van der Waals surface area (Å²) in [4.78, 5) is 0.127. The number of nitrogen functional groups attached to an aromatic ring is 1. The molecule has 0 heterocycles. The second-order valence-corrected chi connectivity index (χ2v) is 6.91. The first kappa shape index (κ1) is 15.8. The quantitative estimate of drug-likeness (QED) is 0.654. The Balaban J connectivity index is 2.33. The third-order valence-corrected chi connectivity index (χ3v) is 5.31. The van der Waals surface area contributed by atoms with Crippen LogP contribution in [0, 0.1) is 0 Å². The summed E-state index contributed by atoms with van der Waals surface area (Å²) in [5.41, 5.74) is 3.49. The Morgan fingerprint density at radius 1 is 1.14 bits per heavy atom. The molecule has 0 saturated heterocycles. The van der Waals surface area contributed by atoms with E-state index < -0.39 is 10.0 Å². The van der Waals surface area contributed by atoms with Gasteiger partial charge in [0.2, 0.25) is 10.0 Å². The fourth-order valence-electron chi connectivity index (χ4n) is 1.93. The van der Waals surface area contributed by atoms with Crippen LogP contribution >= 0.6 is 11.6 Å². The topological polar surface area (TPSA) is 75.4 Å². The molecule has 2 aromatic rings. The summed E-state index contributed by atoms with van der Waals surface area (Å²) >= 11 is 6.07. The van der Waals surface area contributed by atoms with Crippen LogP contribution in [-0.4, -0.2) is 19.8 Å². The number of hydrazine groups is 1. The van der Waals surface area contributed by atoms with Crippen molar-refractivity contribution >= 4 is 27.3 Å². The van der Waals surface area contributed by atoms with Crippen LogP contribution in [0.4, 0.5) is 5.69 Å². The van der Waals surface area contributed by atoms with E-state index in [2.05, 4.69) is 5.43 Å². The summed E-state index contributed by atoms with van der Waals surface area (Å²) in [7, 11) is -2.16. The minimum absolute atomic E-state index is 0.127. The Kier molecular flexibility index (Phi) is 4.84. The van der Waals surface area contributed by atoms with Crippen molar-refractivity contribution in [2.24, 2.45) is 5.84 Å². The molecule has 2 aromatic carbocycles. The van der Waals surface area contributed by atoms with Crippen LogP contribution in [0.5, 0.6) is 0 Å². The van der Waals surface area contributed by atoms with Crippen molar-refractivity contribution in [3.63, 3.8) is 0 Å². The van der Waals surface area contributed by atoms with Gasteiger partial charge in [0.15, 0.2) is 0 Å². The number of hydrogen-bond acceptors (Lipinski definition) is 4. The zero-order valence-corrected chi connectivity index (χ0v) is 13.0. The molecule has 0 bridgehead atoms. The van der Waals surface area contributed by atoms with Gasteiger partial charge >= 0.3 is 0 Å². The van der Waals surface area contributed by atoms with Crippen LogP contribution in [0.15, 0.2) is 53.4 Å². The van der Waals surface area contributed by atoms with Gasteiger partial charge in [-0.05, 0) is 23.8 Å². The summed E-state index contributed by atoms with van der Waals surface area (Å²) in [5, 5.41) is 0.532. The number of hydrogen-bond donors (Lipinski definition) is 2. The highest BCUT2D eigenvalue weighted by atomic mass is 35.5. The van der Waals surface area contributed by atoms with Crippen LogP contribution in [0.25, 0.3) is 0 Å². The van der Waals surface area contributed by atoms with Gasteiger partial charge in [-0.25, -0.2) is 8.42 Å². The predicted molar refractivity (Wildman–Crippen MR) is 84.4 cm³/mol. The van der Waals surface area contributed by atoms with Gasteiger partial charge in [0.05, 0.1) is 5.69 Å². The Hall–Kier alpha value is -1.60. The largest absolute Gasteiger partial charge is 0.323 e. The smallest absolute Gasteiger partial charge is 0.245 e. The molecule has 5 nitrogen and oxygen atoms in total. The van der Waals surface area contributed by atoms with Crippen molar-refractivity contribution in [2.45, 2.75) is 11.4 Å². The van der Waals surface area contributed by atoms with Crippen molar-refractivity contribution in [3.05, 3.63) is 59.1 Å². The molecular formula is C14H16ClN3O2S. The highest BCUT2D eigenvalue weighted by Gasteiger charge is 2.24. The molecule has 0 aromatic heterocycles. The van der Waals surface area contributed by atoms with Crippen LogP contribution < -0.4 is 11.3 Å². The Morgan fingerprint density at radius 2 is 1.76 bits per heavy atom. The van der Waals surface area contributed by atoms with Gasteiger partial charge in [0.25, 0.3) is 0 Å². The average Bonchev–Trinajstić information content (AvgIpc) is 2.49. The van der Waals surface area contributed by atoms with Crippen LogP contribution in [-0.2, 0) is 16.6 Å². The second kappa shape index (κ2) is 6.44. The van der Waals surface area contributed by atoms with Crippen LogP contribution in [0.3, 0.4) is 0 Å². The first-order chi connectivity index (χ1) is 9.96. The Labute approximate surface area is 129 Å². The van der Waals surface area contributed by atoms with E-state index >= 15 is 0 Å². The van der Waals surface area contributed by atoms with E-state index in [1.165, 1.54) is 17.4 Å². The van der Waals surface area contributed by atoms with E-state index in [-0.39, 0.29) is 11.4 Å². The lowest BCUT2D eigenvalue weighted by Gasteiger charge is -2.19. The molecule has 0 amide bonds. The lowest BCUT2D eigenvalue weighted by molar-refractivity contribution is 0.467. The van der Waals surface area contributed by atoms with Crippen molar-refractivity contribution in [1.82, 2.24) is 4.31 Å². The molecule has 112 valence electrons. The normalized spacial score (nSPS) is 11.6. The Bertz CT molecular complexity index is 735. The first-order valence-corrected chi connectivity index (χ1v) is 8.04. The highest BCUT2D eigenvalue weighted by Crippen LogP contribution is 2.25. The van der Waals surface area contributed by atoms with E-state index in [9.17, 15) is 8.42 Å². The minimum atomic E-state index is -3.66. The van der Waals surface area contributed by atoms with Crippen molar-refractivity contribution in [2.75, 3.05) is 12.5 Å². The lowest BCUT2D eigenvalue weighted by atomic mass is 10.2. The molecule has 0 unspecified atom stereocenters. The first-order valence-electron chi connectivity index (χ1n) is 6.22. The molecule has 0 aliphatic rings. The van der Waals surface area contributed by atoms with Gasteiger partial charge in [-0.1, -0.05) is 41.9 Å². The summed E-state index contributed by atoms with van der Waals surface area (Å²) in [6, 6.07) is 13.6. The predicted octanol–water partition coefficient (Wildman–Crippen LogP) is 2.45. The van der Waals surface area contributed by atoms with E-state index in [0.29, 0.717) is 10.7 Å². The average molecular weight is 326 g/mol. The van der Waals surface area contributed by atoms with Gasteiger partial charge in [0.1, 0.15) is 4.90 Å². The molecule has 0 radical (unpaired) electrons. The number of nitrogens with two attached hydrogens (primary N) is 1. The summed E-state index contributed by atoms with van der Waals surface area (Å²) in [5.74, 6) is 5.37. The van der Waals surface area contributed by atoms with E-state index in [1.807, 2.05) is 6.07 Å². The third-order valence-electron chi connectivity index (χ3n) is 3.08. The SMILES string of the molecule is CN(Cc1ccccc1Cl)S(=O)(=O)c1ccccc1NN. The second-order valence-electron chi connectivity index (χ2n) is 4.49. The molecule has 7 heteroatoms. The fourth-order valence-corrected chi connectivity index (χ4v) is 3.43. The van der Waals surface area contributed by atoms with Gasteiger partial charge < -0.3 is 5.43 Å². The highest BCUT2D eigenvalue weighted by molar-refractivity contribution is 7.89. The van der Waals surface area contributed by atoms with Gasteiger partial charge in [0, 0.05) is 18.6 Å². The van der Waals surface area contributed by atoms with Crippen LogP contribution in [0.2, 0.25) is 5.02 Å². The summed E-state index contributed by atoms with van der Waals surface area (Å²) in [6.07, 6.45) is 0. The molecule has 21 heavy (non-hydrogen) atoms. The van der Waals surface area contributed by atoms with Crippen molar-refractivity contribution in [1.29, 1.82) is 0 Å². The summed E-state index contributed by atoms with van der Waals surface area (Å²) < 4.78 is 26.5. The molecular weight excluding hydrogens is 310 g/mol. The molecule has 0 atom stereocenters. The number of nitrogens with one attached hydrogen (secondary N) is 1. The lowest BCUT2D eigenvalue weighted by Crippen LogP contribution is -2.27.